The van der Waals surface area contributed by atoms with Crippen LogP contribution in [0.4, 0.5) is 13.2 Å². The average molecular weight is 191 g/mol. The van der Waals surface area contributed by atoms with E-state index in [1.165, 1.54) is 12.3 Å². The first-order chi connectivity index (χ1) is 6.01. The third-order valence-electron chi connectivity index (χ3n) is 1.33. The van der Waals surface area contributed by atoms with Crippen molar-refractivity contribution in [1.82, 2.24) is 9.97 Å². The minimum Gasteiger partial charge on any atom is -0.325 e. The van der Waals surface area contributed by atoms with Gasteiger partial charge in [0.05, 0.1) is 5.69 Å². The van der Waals surface area contributed by atoms with Crippen LogP contribution in [0.2, 0.25) is 0 Å². The van der Waals surface area contributed by atoms with E-state index in [4.69, 9.17) is 5.73 Å². The van der Waals surface area contributed by atoms with Crippen LogP contribution in [0.3, 0.4) is 0 Å². The molecule has 0 aromatic carbocycles. The Bertz CT molecular complexity index is 285. The van der Waals surface area contributed by atoms with Gasteiger partial charge in [0, 0.05) is 12.7 Å². The van der Waals surface area contributed by atoms with Gasteiger partial charge in [-0.1, -0.05) is 0 Å². The Morgan fingerprint density at radius 3 is 2.62 bits per heavy atom. The molecule has 0 saturated heterocycles. The number of rotatable bonds is 2. The minimum absolute atomic E-state index is 0.118. The van der Waals surface area contributed by atoms with Crippen LogP contribution in [0, 0.1) is 0 Å². The van der Waals surface area contributed by atoms with Gasteiger partial charge in [0.25, 0.3) is 0 Å². The molecule has 0 bridgehead atoms. The number of alkyl halides is 3. The molecule has 6 heteroatoms. The largest absolute Gasteiger partial charge is 0.396 e. The number of hydrogen-bond acceptors (Lipinski definition) is 3. The van der Waals surface area contributed by atoms with E-state index in [-0.39, 0.29) is 12.4 Å². The standard InChI is InChI=1S/C7H8F3N3/c8-7(9,10)3-6-12-2-1-5(4-11)13-6/h1-2H,3-4,11H2. The SMILES string of the molecule is NCc1ccnc(CC(F)(F)F)n1. The third kappa shape index (κ3) is 3.37. The van der Waals surface area contributed by atoms with Crippen LogP contribution in [0.5, 0.6) is 0 Å². The molecular formula is C7H8F3N3. The highest BCUT2D eigenvalue weighted by atomic mass is 19.4. The highest BCUT2D eigenvalue weighted by molar-refractivity contribution is 5.02. The fourth-order valence-corrected chi connectivity index (χ4v) is 0.819. The molecule has 13 heavy (non-hydrogen) atoms. The molecule has 1 heterocycles. The lowest BCUT2D eigenvalue weighted by Crippen LogP contribution is -2.15. The Labute approximate surface area is 72.8 Å². The summed E-state index contributed by atoms with van der Waals surface area (Å²) in [4.78, 5) is 7.11. The molecule has 1 rings (SSSR count). The lowest BCUT2D eigenvalue weighted by molar-refractivity contribution is -0.128. The molecule has 0 atom stereocenters. The van der Waals surface area contributed by atoms with E-state index >= 15 is 0 Å². The smallest absolute Gasteiger partial charge is 0.325 e. The van der Waals surface area contributed by atoms with E-state index in [0.717, 1.165) is 0 Å². The topological polar surface area (TPSA) is 51.8 Å². The molecule has 0 aliphatic rings. The number of nitrogens with zero attached hydrogens (tertiary/aromatic N) is 2. The first-order valence-corrected chi connectivity index (χ1v) is 3.59. The summed E-state index contributed by atoms with van der Waals surface area (Å²) in [7, 11) is 0. The van der Waals surface area contributed by atoms with Crippen LogP contribution in [-0.2, 0) is 13.0 Å². The van der Waals surface area contributed by atoms with Gasteiger partial charge in [-0.05, 0) is 6.07 Å². The molecule has 0 fully saturated rings. The first-order valence-electron chi connectivity index (χ1n) is 3.59. The molecule has 72 valence electrons. The van der Waals surface area contributed by atoms with Crippen LogP contribution in [-0.4, -0.2) is 16.1 Å². The maximum Gasteiger partial charge on any atom is 0.396 e. The Hall–Kier alpha value is -1.17. The van der Waals surface area contributed by atoms with Crippen molar-refractivity contribution in [2.24, 2.45) is 5.73 Å². The van der Waals surface area contributed by atoms with E-state index in [0.29, 0.717) is 5.69 Å². The van der Waals surface area contributed by atoms with Gasteiger partial charge >= 0.3 is 6.18 Å². The third-order valence-corrected chi connectivity index (χ3v) is 1.33. The van der Waals surface area contributed by atoms with Crippen molar-refractivity contribution in [3.8, 4) is 0 Å². The van der Waals surface area contributed by atoms with Crippen molar-refractivity contribution < 1.29 is 13.2 Å². The predicted octanol–water partition coefficient (Wildman–Crippen LogP) is 1.04. The van der Waals surface area contributed by atoms with Gasteiger partial charge in [-0.2, -0.15) is 13.2 Å². The zero-order valence-electron chi connectivity index (χ0n) is 6.67. The lowest BCUT2D eigenvalue weighted by atomic mass is 10.3. The van der Waals surface area contributed by atoms with E-state index < -0.39 is 12.6 Å². The maximum atomic E-state index is 11.9. The first kappa shape index (κ1) is 9.91. The fraction of sp³-hybridized carbons (Fsp3) is 0.429. The number of nitrogens with two attached hydrogens (primary N) is 1. The molecule has 0 radical (unpaired) electrons. The second kappa shape index (κ2) is 3.69. The summed E-state index contributed by atoms with van der Waals surface area (Å²) in [5.74, 6) is -0.240. The summed E-state index contributed by atoms with van der Waals surface area (Å²) < 4.78 is 35.6. The van der Waals surface area contributed by atoms with Crippen LogP contribution in [0.1, 0.15) is 11.5 Å². The quantitative estimate of drug-likeness (QED) is 0.759. The molecule has 0 spiro atoms. The lowest BCUT2D eigenvalue weighted by Gasteiger charge is -2.05. The summed E-state index contributed by atoms with van der Waals surface area (Å²) in [6.45, 7) is 0.118. The highest BCUT2D eigenvalue weighted by Crippen LogP contribution is 2.18. The van der Waals surface area contributed by atoms with Crippen LogP contribution in [0.25, 0.3) is 0 Å². The molecule has 0 aliphatic heterocycles. The molecule has 1 aromatic rings. The summed E-state index contributed by atoms with van der Waals surface area (Å²) in [6.07, 6.45) is -4.11. The number of hydrogen-bond donors (Lipinski definition) is 1. The summed E-state index contributed by atoms with van der Waals surface area (Å²) in [6, 6.07) is 1.49. The van der Waals surface area contributed by atoms with Crippen LogP contribution in [0.15, 0.2) is 12.3 Å². The summed E-state index contributed by atoms with van der Waals surface area (Å²) in [5, 5.41) is 0. The van der Waals surface area contributed by atoms with E-state index in [2.05, 4.69) is 9.97 Å². The van der Waals surface area contributed by atoms with Crippen molar-refractivity contribution >= 4 is 0 Å². The monoisotopic (exact) mass is 191 g/mol. The fourth-order valence-electron chi connectivity index (χ4n) is 0.819. The number of halogens is 3. The molecule has 0 aliphatic carbocycles. The molecule has 3 nitrogen and oxygen atoms in total. The van der Waals surface area contributed by atoms with Crippen molar-refractivity contribution in [3.63, 3.8) is 0 Å². The van der Waals surface area contributed by atoms with Gasteiger partial charge < -0.3 is 5.73 Å². The second-order valence-corrected chi connectivity index (χ2v) is 2.46. The molecule has 0 unspecified atom stereocenters. The van der Waals surface area contributed by atoms with E-state index in [9.17, 15) is 13.2 Å². The minimum atomic E-state index is -4.27. The normalized spacial score (nSPS) is 11.7. The van der Waals surface area contributed by atoms with Crippen molar-refractivity contribution in [2.45, 2.75) is 19.1 Å². The van der Waals surface area contributed by atoms with Crippen molar-refractivity contribution in [2.75, 3.05) is 0 Å². The van der Waals surface area contributed by atoms with Crippen molar-refractivity contribution in [3.05, 3.63) is 23.8 Å². The van der Waals surface area contributed by atoms with Gasteiger partial charge in [-0.15, -0.1) is 0 Å². The zero-order valence-corrected chi connectivity index (χ0v) is 6.67. The summed E-state index contributed by atoms with van der Waals surface area (Å²) in [5.41, 5.74) is 5.62. The Morgan fingerprint density at radius 1 is 1.38 bits per heavy atom. The highest BCUT2D eigenvalue weighted by Gasteiger charge is 2.29. The Kier molecular flexibility index (Phi) is 2.82. The van der Waals surface area contributed by atoms with E-state index in [1.54, 1.807) is 0 Å². The zero-order chi connectivity index (χ0) is 9.90. The maximum absolute atomic E-state index is 11.9. The second-order valence-electron chi connectivity index (χ2n) is 2.46. The van der Waals surface area contributed by atoms with Gasteiger partial charge in [-0.3, -0.25) is 0 Å². The predicted molar refractivity (Wildman–Crippen MR) is 39.7 cm³/mol. The Morgan fingerprint density at radius 2 is 2.08 bits per heavy atom. The van der Waals surface area contributed by atoms with Gasteiger partial charge in [0.2, 0.25) is 0 Å². The molecule has 1 aromatic heterocycles. The number of aromatic nitrogens is 2. The van der Waals surface area contributed by atoms with Gasteiger partial charge in [0.1, 0.15) is 12.2 Å². The van der Waals surface area contributed by atoms with Gasteiger partial charge in [0.15, 0.2) is 0 Å². The van der Waals surface area contributed by atoms with Crippen molar-refractivity contribution in [1.29, 1.82) is 0 Å². The van der Waals surface area contributed by atoms with Crippen LogP contribution < -0.4 is 5.73 Å². The average Bonchev–Trinajstić information content (AvgIpc) is 2.01. The van der Waals surface area contributed by atoms with E-state index in [1.807, 2.05) is 0 Å². The Balaban J connectivity index is 2.78. The molecular weight excluding hydrogens is 183 g/mol. The molecule has 0 amide bonds. The summed E-state index contributed by atoms with van der Waals surface area (Å²) >= 11 is 0. The van der Waals surface area contributed by atoms with Gasteiger partial charge in [-0.25, -0.2) is 9.97 Å². The van der Waals surface area contributed by atoms with Crippen LogP contribution >= 0.6 is 0 Å². The molecule has 0 saturated carbocycles. The molecule has 2 N–H and O–H groups in total.